The molecule has 0 aliphatic carbocycles. The van der Waals surface area contributed by atoms with Crippen LogP contribution in [-0.4, -0.2) is 60.3 Å². The quantitative estimate of drug-likeness (QED) is 0.776. The number of aromatic nitrogens is 1. The highest BCUT2D eigenvalue weighted by Gasteiger charge is 2.36. The van der Waals surface area contributed by atoms with E-state index in [1.165, 1.54) is 0 Å². The molecule has 2 aliphatic heterocycles. The largest absolute Gasteiger partial charge is 0.391 e. The van der Waals surface area contributed by atoms with Crippen LogP contribution in [0, 0.1) is 0 Å². The molecule has 0 amide bonds. The van der Waals surface area contributed by atoms with Crippen LogP contribution in [0.25, 0.3) is 0 Å². The lowest BCUT2D eigenvalue weighted by molar-refractivity contribution is -0.173. The SMILES string of the molecule is OCC1(CN=C2CN=C(c3ccccn3)c3cc(Br)ccc3N2)OCCO1. The Balaban J connectivity index is 1.68. The Bertz CT molecular complexity index is 880. The van der Waals surface area contributed by atoms with Crippen LogP contribution in [0.1, 0.15) is 11.3 Å². The first kappa shape index (κ1) is 18.2. The minimum Gasteiger partial charge on any atom is -0.391 e. The van der Waals surface area contributed by atoms with Crippen molar-refractivity contribution in [1.29, 1.82) is 0 Å². The number of aliphatic hydroxyl groups excluding tert-OH is 1. The minimum absolute atomic E-state index is 0.201. The standard InChI is InChI=1S/C19H19BrN4O3/c20-13-4-5-15-14(9-13)18(16-3-1-2-6-21-16)22-10-17(24-15)23-11-19(12-25)26-7-8-27-19/h1-6,9,25H,7-8,10-12H2,(H,23,24). The number of pyridine rings is 1. The summed E-state index contributed by atoms with van der Waals surface area (Å²) in [6.45, 7) is 1.23. The molecule has 1 saturated heterocycles. The number of amidine groups is 1. The number of halogens is 1. The van der Waals surface area contributed by atoms with Crippen LogP contribution in [0.5, 0.6) is 0 Å². The summed E-state index contributed by atoms with van der Waals surface area (Å²) in [7, 11) is 0. The molecule has 8 heteroatoms. The van der Waals surface area contributed by atoms with Crippen LogP contribution >= 0.6 is 15.9 Å². The van der Waals surface area contributed by atoms with Gasteiger partial charge in [0.25, 0.3) is 0 Å². The number of nitrogens with one attached hydrogen (secondary N) is 1. The van der Waals surface area contributed by atoms with E-state index in [0.29, 0.717) is 25.6 Å². The third kappa shape index (κ3) is 3.93. The number of rotatable bonds is 4. The normalized spacial score (nSPS) is 19.9. The average molecular weight is 431 g/mol. The zero-order valence-corrected chi connectivity index (χ0v) is 16.1. The smallest absolute Gasteiger partial charge is 0.211 e. The molecule has 0 saturated carbocycles. The van der Waals surface area contributed by atoms with Gasteiger partial charge in [-0.2, -0.15) is 0 Å². The number of hydrogen-bond donors (Lipinski definition) is 2. The number of nitrogens with zero attached hydrogens (tertiary/aromatic N) is 3. The Labute approximate surface area is 165 Å². The Hall–Kier alpha value is -2.13. The molecule has 0 atom stereocenters. The lowest BCUT2D eigenvalue weighted by Crippen LogP contribution is -2.38. The van der Waals surface area contributed by atoms with Crippen LogP contribution < -0.4 is 5.32 Å². The van der Waals surface area contributed by atoms with Gasteiger partial charge in [0.05, 0.1) is 44.3 Å². The molecule has 0 spiro atoms. The van der Waals surface area contributed by atoms with Crippen LogP contribution in [0.4, 0.5) is 5.69 Å². The number of aliphatic hydroxyl groups is 1. The van der Waals surface area contributed by atoms with Gasteiger partial charge in [0.2, 0.25) is 5.79 Å². The van der Waals surface area contributed by atoms with Crippen molar-refractivity contribution < 1.29 is 14.6 Å². The lowest BCUT2D eigenvalue weighted by Gasteiger charge is -2.23. The molecule has 1 aromatic carbocycles. The fourth-order valence-electron chi connectivity index (χ4n) is 3.01. The van der Waals surface area contributed by atoms with Gasteiger partial charge in [0.1, 0.15) is 5.84 Å². The molecule has 3 heterocycles. The van der Waals surface area contributed by atoms with E-state index in [9.17, 15) is 5.11 Å². The Morgan fingerprint density at radius 2 is 2.07 bits per heavy atom. The third-order valence-corrected chi connectivity index (χ3v) is 4.87. The monoisotopic (exact) mass is 430 g/mol. The maximum absolute atomic E-state index is 9.60. The second kappa shape index (κ2) is 7.85. The summed E-state index contributed by atoms with van der Waals surface area (Å²) < 4.78 is 12.0. The molecule has 1 aromatic heterocycles. The van der Waals surface area contributed by atoms with Crippen molar-refractivity contribution in [3.05, 3.63) is 58.3 Å². The predicted molar refractivity (Wildman–Crippen MR) is 107 cm³/mol. The van der Waals surface area contributed by atoms with Crippen molar-refractivity contribution in [3.63, 3.8) is 0 Å². The van der Waals surface area contributed by atoms with E-state index in [-0.39, 0.29) is 13.2 Å². The van der Waals surface area contributed by atoms with E-state index in [4.69, 9.17) is 14.5 Å². The van der Waals surface area contributed by atoms with E-state index in [1.54, 1.807) is 6.20 Å². The maximum atomic E-state index is 9.60. The average Bonchev–Trinajstić information content (AvgIpc) is 3.10. The number of benzene rings is 1. The Morgan fingerprint density at radius 3 is 2.81 bits per heavy atom. The van der Waals surface area contributed by atoms with Crippen molar-refractivity contribution in [2.75, 3.05) is 38.2 Å². The summed E-state index contributed by atoms with van der Waals surface area (Å²) in [5.41, 5.74) is 3.44. The highest BCUT2D eigenvalue weighted by molar-refractivity contribution is 9.10. The summed E-state index contributed by atoms with van der Waals surface area (Å²) in [5.74, 6) is -0.381. The molecular formula is C19H19BrN4O3. The number of fused-ring (bicyclic) bond motifs is 1. The molecule has 4 rings (SSSR count). The van der Waals surface area contributed by atoms with Gasteiger partial charge >= 0.3 is 0 Å². The van der Waals surface area contributed by atoms with Gasteiger partial charge in [-0.3, -0.25) is 15.0 Å². The van der Waals surface area contributed by atoms with Gasteiger partial charge in [-0.1, -0.05) is 22.0 Å². The van der Waals surface area contributed by atoms with Gasteiger partial charge < -0.3 is 19.9 Å². The summed E-state index contributed by atoms with van der Waals surface area (Å²) in [4.78, 5) is 13.8. The molecule has 27 heavy (non-hydrogen) atoms. The highest BCUT2D eigenvalue weighted by atomic mass is 79.9. The van der Waals surface area contributed by atoms with E-state index in [2.05, 4.69) is 31.2 Å². The highest BCUT2D eigenvalue weighted by Crippen LogP contribution is 2.26. The summed E-state index contributed by atoms with van der Waals surface area (Å²) in [5, 5.41) is 12.9. The van der Waals surface area contributed by atoms with Gasteiger partial charge in [-0.15, -0.1) is 0 Å². The summed E-state index contributed by atoms with van der Waals surface area (Å²) >= 11 is 3.53. The van der Waals surface area contributed by atoms with Crippen molar-refractivity contribution in [1.82, 2.24) is 4.98 Å². The zero-order valence-electron chi connectivity index (χ0n) is 14.6. The van der Waals surface area contributed by atoms with E-state index in [1.807, 2.05) is 36.4 Å². The lowest BCUT2D eigenvalue weighted by atomic mass is 10.0. The first-order valence-corrected chi connectivity index (χ1v) is 9.43. The van der Waals surface area contributed by atoms with Crippen molar-refractivity contribution in [2.45, 2.75) is 5.79 Å². The fraction of sp³-hybridized carbons (Fsp3) is 0.316. The molecule has 0 bridgehead atoms. The first-order valence-electron chi connectivity index (χ1n) is 8.64. The molecule has 2 aliphatic rings. The summed E-state index contributed by atoms with van der Waals surface area (Å²) in [6.07, 6.45) is 1.75. The van der Waals surface area contributed by atoms with Gasteiger partial charge in [0, 0.05) is 21.9 Å². The molecule has 2 N–H and O–H groups in total. The number of ether oxygens (including phenoxy) is 2. The number of anilines is 1. The minimum atomic E-state index is -1.06. The molecule has 140 valence electrons. The van der Waals surface area contributed by atoms with Gasteiger partial charge in [-0.25, -0.2) is 0 Å². The first-order chi connectivity index (χ1) is 13.2. The van der Waals surface area contributed by atoms with Crippen molar-refractivity contribution in [2.24, 2.45) is 9.98 Å². The molecule has 0 radical (unpaired) electrons. The molecular weight excluding hydrogens is 412 g/mol. The molecule has 7 nitrogen and oxygen atoms in total. The van der Waals surface area contributed by atoms with Crippen LogP contribution in [-0.2, 0) is 9.47 Å². The topological polar surface area (TPSA) is 88.3 Å². The van der Waals surface area contributed by atoms with Crippen LogP contribution in [0.2, 0.25) is 0 Å². The van der Waals surface area contributed by atoms with Crippen LogP contribution in [0.15, 0.2) is 57.1 Å². The van der Waals surface area contributed by atoms with Gasteiger partial charge in [0.15, 0.2) is 0 Å². The second-order valence-electron chi connectivity index (χ2n) is 6.22. The number of hydrogen-bond acceptors (Lipinski definition) is 6. The predicted octanol–water partition coefficient (Wildman–Crippen LogP) is 2.24. The van der Waals surface area contributed by atoms with E-state index >= 15 is 0 Å². The van der Waals surface area contributed by atoms with Crippen LogP contribution in [0.3, 0.4) is 0 Å². The molecule has 2 aromatic rings. The van der Waals surface area contributed by atoms with E-state index in [0.717, 1.165) is 27.1 Å². The molecule has 0 unspecified atom stereocenters. The Kier molecular flexibility index (Phi) is 5.31. The Morgan fingerprint density at radius 1 is 1.22 bits per heavy atom. The zero-order chi connectivity index (χ0) is 18.7. The van der Waals surface area contributed by atoms with Crippen molar-refractivity contribution >= 4 is 33.2 Å². The third-order valence-electron chi connectivity index (χ3n) is 4.38. The van der Waals surface area contributed by atoms with E-state index < -0.39 is 5.79 Å². The summed E-state index contributed by atoms with van der Waals surface area (Å²) in [6, 6.07) is 11.7. The maximum Gasteiger partial charge on any atom is 0.211 e. The second-order valence-corrected chi connectivity index (χ2v) is 7.14. The fourth-order valence-corrected chi connectivity index (χ4v) is 3.37. The van der Waals surface area contributed by atoms with Gasteiger partial charge in [-0.05, 0) is 30.3 Å². The molecule has 1 fully saturated rings. The van der Waals surface area contributed by atoms with Crippen molar-refractivity contribution in [3.8, 4) is 0 Å². The number of benzodiazepines with no additional fused rings is 1. The number of aliphatic imine (C=N–C) groups is 2.